The number of ether oxygens (including phenoxy) is 1. The van der Waals surface area contributed by atoms with Gasteiger partial charge in [0, 0.05) is 5.02 Å². The van der Waals surface area contributed by atoms with Crippen molar-refractivity contribution in [2.45, 2.75) is 25.9 Å². The second-order valence-electron chi connectivity index (χ2n) is 6.60. The lowest BCUT2D eigenvalue weighted by molar-refractivity contribution is 0.285. The number of fused-ring (bicyclic) bond motifs is 1. The average Bonchev–Trinajstić information content (AvgIpc) is 3.25. The quantitative estimate of drug-likeness (QED) is 0.637. The normalized spacial score (nSPS) is 15.0. The van der Waals surface area contributed by atoms with Gasteiger partial charge in [0.25, 0.3) is 0 Å². The van der Waals surface area contributed by atoms with E-state index in [4.69, 9.17) is 21.3 Å². The summed E-state index contributed by atoms with van der Waals surface area (Å²) >= 11 is 6.20. The first-order chi connectivity index (χ1) is 12.7. The molecule has 0 N–H and O–H groups in total. The van der Waals surface area contributed by atoms with E-state index < -0.39 is 0 Å². The summed E-state index contributed by atoms with van der Waals surface area (Å²) in [6, 6.07) is 11.9. The number of nitrogens with zero attached hydrogens (tertiary/aromatic N) is 3. The molecular weight excluding hydrogens is 353 g/mol. The van der Waals surface area contributed by atoms with E-state index in [0.717, 1.165) is 36.5 Å². The molecule has 0 saturated carbocycles. The van der Waals surface area contributed by atoms with Crippen LogP contribution in [-0.4, -0.2) is 34.1 Å². The van der Waals surface area contributed by atoms with Gasteiger partial charge in [-0.05, 0) is 68.4 Å². The first kappa shape index (κ1) is 17.3. The van der Waals surface area contributed by atoms with Gasteiger partial charge in [0.2, 0.25) is 0 Å². The second-order valence-corrected chi connectivity index (χ2v) is 7.03. The van der Waals surface area contributed by atoms with Gasteiger partial charge in [0.15, 0.2) is 0 Å². The van der Waals surface area contributed by atoms with Crippen molar-refractivity contribution in [3.05, 3.63) is 59.1 Å². The van der Waals surface area contributed by atoms with Crippen LogP contribution in [0.15, 0.2) is 42.5 Å². The Morgan fingerprint density at radius 3 is 2.62 bits per heavy atom. The Morgan fingerprint density at radius 1 is 1.08 bits per heavy atom. The van der Waals surface area contributed by atoms with E-state index in [1.54, 1.807) is 12.1 Å². The predicted molar refractivity (Wildman–Crippen MR) is 101 cm³/mol. The molecule has 0 unspecified atom stereocenters. The monoisotopic (exact) mass is 373 g/mol. The summed E-state index contributed by atoms with van der Waals surface area (Å²) < 4.78 is 21.0. The smallest absolute Gasteiger partial charge is 0.124 e. The average molecular weight is 374 g/mol. The van der Waals surface area contributed by atoms with E-state index in [9.17, 15) is 4.39 Å². The molecule has 4 nitrogen and oxygen atoms in total. The van der Waals surface area contributed by atoms with Crippen LogP contribution in [0.1, 0.15) is 18.7 Å². The van der Waals surface area contributed by atoms with Gasteiger partial charge in [0.05, 0.1) is 24.1 Å². The number of benzene rings is 2. The van der Waals surface area contributed by atoms with Crippen LogP contribution >= 0.6 is 11.6 Å². The van der Waals surface area contributed by atoms with Crippen molar-refractivity contribution in [2.24, 2.45) is 0 Å². The molecule has 136 valence electrons. The molecule has 2 heterocycles. The van der Waals surface area contributed by atoms with Gasteiger partial charge in [0.1, 0.15) is 24.0 Å². The summed E-state index contributed by atoms with van der Waals surface area (Å²) in [6.45, 7) is 4.23. The fourth-order valence-corrected chi connectivity index (χ4v) is 3.61. The third-order valence-corrected chi connectivity index (χ3v) is 4.99. The second kappa shape index (κ2) is 7.64. The number of rotatable bonds is 6. The molecule has 1 aliphatic heterocycles. The molecule has 0 bridgehead atoms. The van der Waals surface area contributed by atoms with Gasteiger partial charge in [-0.3, -0.25) is 4.90 Å². The number of aromatic nitrogens is 2. The van der Waals surface area contributed by atoms with Crippen molar-refractivity contribution in [3.63, 3.8) is 0 Å². The van der Waals surface area contributed by atoms with Crippen molar-refractivity contribution in [1.82, 2.24) is 14.5 Å². The van der Waals surface area contributed by atoms with Gasteiger partial charge in [-0.1, -0.05) is 11.6 Å². The Morgan fingerprint density at radius 2 is 1.85 bits per heavy atom. The molecule has 1 aromatic heterocycles. The minimum absolute atomic E-state index is 0.263. The molecule has 1 fully saturated rings. The number of hydrogen-bond acceptors (Lipinski definition) is 3. The summed E-state index contributed by atoms with van der Waals surface area (Å²) in [4.78, 5) is 7.24. The van der Waals surface area contributed by atoms with Crippen LogP contribution in [0.4, 0.5) is 4.39 Å². The number of halogens is 2. The van der Waals surface area contributed by atoms with Crippen LogP contribution in [0, 0.1) is 5.82 Å². The van der Waals surface area contributed by atoms with Gasteiger partial charge in [-0.2, -0.15) is 0 Å². The summed E-state index contributed by atoms with van der Waals surface area (Å²) in [5.74, 6) is 1.43. The molecule has 0 atom stereocenters. The fourth-order valence-electron chi connectivity index (χ4n) is 3.44. The molecular formula is C20H21ClFN3O. The van der Waals surface area contributed by atoms with E-state index in [2.05, 4.69) is 9.47 Å². The summed E-state index contributed by atoms with van der Waals surface area (Å²) in [5, 5.41) is 0.700. The molecule has 1 saturated heterocycles. The lowest BCUT2D eigenvalue weighted by Crippen LogP contribution is -2.22. The largest absolute Gasteiger partial charge is 0.492 e. The van der Waals surface area contributed by atoms with Crippen molar-refractivity contribution >= 4 is 22.6 Å². The van der Waals surface area contributed by atoms with Crippen molar-refractivity contribution < 1.29 is 9.13 Å². The molecule has 0 aliphatic carbocycles. The lowest BCUT2D eigenvalue weighted by Gasteiger charge is -2.16. The third-order valence-electron chi connectivity index (χ3n) is 4.75. The fraction of sp³-hybridized carbons (Fsp3) is 0.350. The van der Waals surface area contributed by atoms with Crippen molar-refractivity contribution in [3.8, 4) is 5.75 Å². The van der Waals surface area contributed by atoms with E-state index in [1.165, 1.54) is 25.0 Å². The highest BCUT2D eigenvalue weighted by atomic mass is 35.5. The highest BCUT2D eigenvalue weighted by Crippen LogP contribution is 2.23. The first-order valence-corrected chi connectivity index (χ1v) is 9.32. The Labute approximate surface area is 157 Å². The predicted octanol–water partition coefficient (Wildman–Crippen LogP) is 4.50. The first-order valence-electron chi connectivity index (χ1n) is 8.94. The molecule has 26 heavy (non-hydrogen) atoms. The summed E-state index contributed by atoms with van der Waals surface area (Å²) in [6.07, 6.45) is 2.50. The minimum atomic E-state index is -0.263. The van der Waals surface area contributed by atoms with Crippen LogP contribution in [0.25, 0.3) is 11.0 Å². The van der Waals surface area contributed by atoms with Gasteiger partial charge >= 0.3 is 0 Å². The molecule has 0 amide bonds. The highest BCUT2D eigenvalue weighted by Gasteiger charge is 2.17. The molecule has 6 heteroatoms. The van der Waals surface area contributed by atoms with Crippen LogP contribution in [-0.2, 0) is 13.1 Å². The van der Waals surface area contributed by atoms with Crippen LogP contribution in [0.3, 0.4) is 0 Å². The van der Waals surface area contributed by atoms with E-state index in [1.807, 2.05) is 18.2 Å². The molecule has 1 aliphatic rings. The van der Waals surface area contributed by atoms with Crippen LogP contribution in [0.2, 0.25) is 5.02 Å². The zero-order valence-electron chi connectivity index (χ0n) is 14.5. The lowest BCUT2D eigenvalue weighted by atomic mass is 10.3. The van der Waals surface area contributed by atoms with Gasteiger partial charge in [-0.15, -0.1) is 0 Å². The topological polar surface area (TPSA) is 30.3 Å². The Kier molecular flexibility index (Phi) is 5.09. The Hall–Kier alpha value is -2.11. The van der Waals surface area contributed by atoms with E-state index >= 15 is 0 Å². The zero-order chi connectivity index (χ0) is 17.9. The van der Waals surface area contributed by atoms with Gasteiger partial charge in [-0.25, -0.2) is 9.37 Å². The van der Waals surface area contributed by atoms with Crippen molar-refractivity contribution in [1.29, 1.82) is 0 Å². The maximum absolute atomic E-state index is 13.0. The Bertz CT molecular complexity index is 888. The SMILES string of the molecule is Fc1ccc(OCCn2c(CN3CCCC3)nc3ccc(Cl)cc32)cc1. The van der Waals surface area contributed by atoms with Gasteiger partial charge < -0.3 is 9.30 Å². The number of likely N-dealkylation sites (tertiary alicyclic amines) is 1. The molecule has 4 rings (SSSR count). The zero-order valence-corrected chi connectivity index (χ0v) is 15.3. The van der Waals surface area contributed by atoms with Crippen LogP contribution < -0.4 is 4.74 Å². The summed E-state index contributed by atoms with van der Waals surface area (Å²) in [5.41, 5.74) is 1.97. The maximum atomic E-state index is 13.0. The number of hydrogen-bond donors (Lipinski definition) is 0. The molecule has 0 radical (unpaired) electrons. The third kappa shape index (κ3) is 3.84. The standard InChI is InChI=1S/C20H21ClFN3O/c21-15-3-8-18-19(13-15)25(20(23-18)14-24-9-1-2-10-24)11-12-26-17-6-4-16(22)5-7-17/h3-8,13H,1-2,9-12,14H2. The molecule has 2 aromatic carbocycles. The summed E-state index contributed by atoms with van der Waals surface area (Å²) in [7, 11) is 0. The molecule has 0 spiro atoms. The van der Waals surface area contributed by atoms with Crippen molar-refractivity contribution in [2.75, 3.05) is 19.7 Å². The van der Waals surface area contributed by atoms with Crippen LogP contribution in [0.5, 0.6) is 5.75 Å². The highest BCUT2D eigenvalue weighted by molar-refractivity contribution is 6.31. The van der Waals surface area contributed by atoms with E-state index in [0.29, 0.717) is 23.9 Å². The maximum Gasteiger partial charge on any atom is 0.124 e. The van der Waals surface area contributed by atoms with E-state index in [-0.39, 0.29) is 5.82 Å². The molecule has 3 aromatic rings. The minimum Gasteiger partial charge on any atom is -0.492 e. The number of imidazole rings is 1. The Balaban J connectivity index is 1.54.